The third-order valence-corrected chi connectivity index (χ3v) is 0.977. The monoisotopic (exact) mass is 243 g/mol. The van der Waals surface area contributed by atoms with Crippen LogP contribution in [-0.2, 0) is 25.6 Å². The van der Waals surface area contributed by atoms with Crippen molar-refractivity contribution < 1.29 is 35.6 Å². The summed E-state index contributed by atoms with van der Waals surface area (Å²) in [5.74, 6) is 0. The van der Waals surface area contributed by atoms with Crippen molar-refractivity contribution in [3.05, 3.63) is 0 Å². The molecule has 0 rings (SSSR count). The van der Waals surface area contributed by atoms with Gasteiger partial charge in [-0.3, -0.25) is 4.57 Å². The molecule has 0 aromatic carbocycles. The molecule has 0 aromatic heterocycles. The second-order valence-electron chi connectivity index (χ2n) is 0.867. The maximum Gasteiger partial charge on any atom is 0.191 e. The van der Waals surface area contributed by atoms with E-state index in [1.807, 2.05) is 0 Å². The summed E-state index contributed by atoms with van der Waals surface area (Å²) in [4.78, 5) is 7.94. The van der Waals surface area contributed by atoms with Crippen LogP contribution >= 0.6 is 17.9 Å². The van der Waals surface area contributed by atoms with Crippen LogP contribution in [0.1, 0.15) is 0 Å². The van der Waals surface area contributed by atoms with Crippen LogP contribution in [0.25, 0.3) is 0 Å². The predicted octanol–water partition coefficient (Wildman–Crippen LogP) is -0.766. The van der Waals surface area contributed by atoms with E-state index in [1.165, 1.54) is 0 Å². The van der Waals surface area contributed by atoms with Crippen LogP contribution in [0.5, 0.6) is 0 Å². The van der Waals surface area contributed by atoms with Crippen LogP contribution in [0.3, 0.4) is 0 Å². The number of aliphatic hydroxyl groups excluding tert-OH is 1. The normalized spacial score (nSPS) is 10.8. The van der Waals surface area contributed by atoms with Crippen molar-refractivity contribution in [1.82, 2.24) is 0 Å². The molecule has 2 atom stereocenters. The Kier molecular flexibility index (Phi) is 22.4. The van der Waals surface area contributed by atoms with Gasteiger partial charge in [-0.15, -0.1) is 0 Å². The zero-order valence-corrected chi connectivity index (χ0v) is 9.63. The average Bonchev–Trinajstić information content (AvgIpc) is 1.35. The first-order valence-corrected chi connectivity index (χ1v) is 3.16. The fourth-order valence-electron chi connectivity index (χ4n) is 0.0956. The molecule has 8 heavy (non-hydrogen) atoms. The minimum absolute atomic E-state index is 0. The van der Waals surface area contributed by atoms with Gasteiger partial charge in [0, 0.05) is 27.2 Å². The Morgan fingerprint density at radius 2 is 1.88 bits per heavy atom. The second-order valence-corrected chi connectivity index (χ2v) is 2.15. The van der Waals surface area contributed by atoms with Crippen LogP contribution in [0.15, 0.2) is 0 Å². The summed E-state index contributed by atoms with van der Waals surface area (Å²) in [5.41, 5.74) is 0. The standard InChI is InChI=1S/C2H7O3P.Mo.H3P/c3-1-2-6(4)5;;/h3,6H,1-2H2,(H,4,5);;1H3/p+1. The van der Waals surface area contributed by atoms with E-state index in [0.717, 1.165) is 0 Å². The molecule has 52 valence electrons. The smallest absolute Gasteiger partial charge is 0.191 e. The largest absolute Gasteiger partial charge is 0.396 e. The van der Waals surface area contributed by atoms with Crippen LogP contribution < -0.4 is 0 Å². The molecule has 6 heteroatoms. The number of hydrogen-bond donors (Lipinski definition) is 2. The molecule has 2 N–H and O–H groups in total. The molecule has 0 saturated carbocycles. The number of aliphatic hydroxyl groups is 1. The van der Waals surface area contributed by atoms with E-state index in [2.05, 4.69) is 0 Å². The van der Waals surface area contributed by atoms with Gasteiger partial charge in [0.25, 0.3) is 0 Å². The van der Waals surface area contributed by atoms with Crippen molar-refractivity contribution in [3.8, 4) is 0 Å². The summed E-state index contributed by atoms with van der Waals surface area (Å²) in [6.07, 6.45) is 0.0324. The first-order valence-electron chi connectivity index (χ1n) is 1.60. The first-order chi connectivity index (χ1) is 2.77. The Bertz CT molecular complexity index is 59.2. The van der Waals surface area contributed by atoms with E-state index < -0.39 is 8.03 Å². The summed E-state index contributed by atoms with van der Waals surface area (Å²) in [7, 11) is -2.39. The Labute approximate surface area is 66.6 Å². The molecular formula is C2H11MoO3P2+. The fourth-order valence-corrected chi connectivity index (χ4v) is 0.287. The van der Waals surface area contributed by atoms with Crippen molar-refractivity contribution in [2.45, 2.75) is 0 Å². The van der Waals surface area contributed by atoms with Crippen LogP contribution in [0.4, 0.5) is 0 Å². The van der Waals surface area contributed by atoms with Gasteiger partial charge < -0.3 is 10.00 Å². The molecule has 0 saturated heterocycles. The molecule has 0 aromatic rings. The average molecular weight is 241 g/mol. The molecule has 3 nitrogen and oxygen atoms in total. The van der Waals surface area contributed by atoms with Gasteiger partial charge in [0.2, 0.25) is 0 Å². The van der Waals surface area contributed by atoms with Crippen molar-refractivity contribution >= 4 is 17.9 Å². The molecule has 2 unspecified atom stereocenters. The van der Waals surface area contributed by atoms with Crippen LogP contribution in [0.2, 0.25) is 0 Å². The quantitative estimate of drug-likeness (QED) is 0.493. The van der Waals surface area contributed by atoms with Gasteiger partial charge in [0.05, 0.1) is 6.61 Å². The second kappa shape index (κ2) is 11.1. The molecule has 0 aliphatic heterocycles. The summed E-state index contributed by atoms with van der Waals surface area (Å²) in [5, 5.41) is 7.90. The zero-order chi connectivity index (χ0) is 4.99. The van der Waals surface area contributed by atoms with Gasteiger partial charge in [-0.25, -0.2) is 0 Å². The molecule has 0 fully saturated rings. The Balaban J connectivity index is -0.000000125. The van der Waals surface area contributed by atoms with E-state index >= 15 is 0 Å². The number of rotatable bonds is 2. The van der Waals surface area contributed by atoms with E-state index in [4.69, 9.17) is 10.00 Å². The molecule has 0 radical (unpaired) electrons. The van der Waals surface area contributed by atoms with Gasteiger partial charge in [0.15, 0.2) is 8.03 Å². The summed E-state index contributed by atoms with van der Waals surface area (Å²) in [6.45, 7) is -0.186. The third kappa shape index (κ3) is 15.7. The summed E-state index contributed by atoms with van der Waals surface area (Å²) >= 11 is 0. The summed E-state index contributed by atoms with van der Waals surface area (Å²) < 4.78 is 9.62. The van der Waals surface area contributed by atoms with Crippen molar-refractivity contribution in [2.75, 3.05) is 12.8 Å². The topological polar surface area (TPSA) is 57.5 Å². The maximum absolute atomic E-state index is 9.62. The van der Waals surface area contributed by atoms with E-state index in [9.17, 15) is 4.57 Å². The number of hydrogen-bond acceptors (Lipinski definition) is 2. The van der Waals surface area contributed by atoms with Crippen molar-refractivity contribution in [1.29, 1.82) is 0 Å². The summed E-state index contributed by atoms with van der Waals surface area (Å²) in [6, 6.07) is 0. The minimum atomic E-state index is -2.39. The zero-order valence-electron chi connectivity index (χ0n) is 4.63. The van der Waals surface area contributed by atoms with E-state index in [0.29, 0.717) is 0 Å². The van der Waals surface area contributed by atoms with E-state index in [1.54, 1.807) is 0 Å². The van der Waals surface area contributed by atoms with E-state index in [-0.39, 0.29) is 43.7 Å². The van der Waals surface area contributed by atoms with Crippen molar-refractivity contribution in [2.24, 2.45) is 0 Å². The van der Waals surface area contributed by atoms with Gasteiger partial charge in [-0.2, -0.15) is 0 Å². The SMILES string of the molecule is O=[PH](O)CCO.[Mo].[PH4+]. The Morgan fingerprint density at radius 1 is 1.50 bits per heavy atom. The van der Waals surface area contributed by atoms with Gasteiger partial charge in [-0.1, -0.05) is 0 Å². The third-order valence-electron chi connectivity index (χ3n) is 0.326. The molecule has 0 spiro atoms. The van der Waals surface area contributed by atoms with Gasteiger partial charge in [0.1, 0.15) is 0 Å². The molecular weight excluding hydrogens is 230 g/mol. The molecule has 0 aliphatic carbocycles. The molecule has 0 heterocycles. The molecule has 0 amide bonds. The van der Waals surface area contributed by atoms with Crippen LogP contribution in [-0.4, -0.2) is 22.8 Å². The molecule has 0 bridgehead atoms. The fraction of sp³-hybridized carbons (Fsp3) is 1.00. The molecule has 0 aliphatic rings. The maximum atomic E-state index is 9.62. The Hall–Kier alpha value is 1.27. The van der Waals surface area contributed by atoms with Gasteiger partial charge >= 0.3 is 0 Å². The van der Waals surface area contributed by atoms with Crippen LogP contribution in [0, 0.1) is 0 Å². The Morgan fingerprint density at radius 3 is 1.88 bits per heavy atom. The minimum Gasteiger partial charge on any atom is -0.396 e. The van der Waals surface area contributed by atoms with Gasteiger partial charge in [-0.05, 0) is 9.90 Å². The first kappa shape index (κ1) is 16.1. The van der Waals surface area contributed by atoms with Crippen molar-refractivity contribution in [3.63, 3.8) is 0 Å². The predicted molar refractivity (Wildman–Crippen MR) is 35.7 cm³/mol.